The number of halogens is 2. The van der Waals surface area contributed by atoms with E-state index in [-0.39, 0.29) is 18.1 Å². The van der Waals surface area contributed by atoms with E-state index in [1.54, 1.807) is 4.90 Å². The molecule has 3 unspecified atom stereocenters. The third kappa shape index (κ3) is 4.13. The smallest absolute Gasteiger partial charge is 0.260 e. The number of hydrogen-bond acceptors (Lipinski definition) is 2. The number of ether oxygens (including phenoxy) is 1. The second-order valence-electron chi connectivity index (χ2n) is 6.27. The number of rotatable bonds is 6. The van der Waals surface area contributed by atoms with Crippen molar-refractivity contribution < 1.29 is 9.53 Å². The molecule has 0 bridgehead atoms. The highest BCUT2D eigenvalue weighted by atomic mass is 35.5. The Bertz CT molecular complexity index is 536. The average Bonchev–Trinajstić information content (AvgIpc) is 2.53. The van der Waals surface area contributed by atoms with E-state index in [4.69, 9.17) is 27.9 Å². The summed E-state index contributed by atoms with van der Waals surface area (Å²) in [6.07, 6.45) is 4.61. The average molecular weight is 358 g/mol. The molecule has 1 amide bonds. The maximum atomic E-state index is 12.5. The van der Waals surface area contributed by atoms with Crippen LogP contribution in [-0.4, -0.2) is 22.9 Å². The number of alkyl halides is 2. The molecular weight excluding hydrogens is 333 g/mol. The molecule has 0 aromatic heterocycles. The molecule has 0 saturated carbocycles. The predicted molar refractivity (Wildman–Crippen MR) is 96.6 cm³/mol. The lowest BCUT2D eigenvalue weighted by molar-refractivity contribution is -0.118. The number of fused-ring (bicyclic) bond motifs is 1. The van der Waals surface area contributed by atoms with E-state index in [1.807, 2.05) is 31.2 Å². The van der Waals surface area contributed by atoms with Crippen LogP contribution in [0.4, 0.5) is 5.69 Å². The summed E-state index contributed by atoms with van der Waals surface area (Å²) in [6.45, 7) is 6.39. The van der Waals surface area contributed by atoms with Gasteiger partial charge in [0.2, 0.25) is 0 Å². The molecule has 2 rings (SSSR count). The topological polar surface area (TPSA) is 29.5 Å². The summed E-state index contributed by atoms with van der Waals surface area (Å²) < 4.78 is 6.22. The van der Waals surface area contributed by atoms with Crippen LogP contribution in [-0.2, 0) is 4.79 Å². The molecule has 3 nitrogen and oxygen atoms in total. The van der Waals surface area contributed by atoms with Crippen LogP contribution in [0.5, 0.6) is 5.75 Å². The molecule has 0 saturated heterocycles. The molecule has 1 aromatic rings. The van der Waals surface area contributed by atoms with Crippen molar-refractivity contribution in [2.45, 2.75) is 63.4 Å². The van der Waals surface area contributed by atoms with E-state index in [0.717, 1.165) is 17.9 Å². The fourth-order valence-corrected chi connectivity index (χ4v) is 3.47. The van der Waals surface area contributed by atoms with Crippen molar-refractivity contribution in [3.8, 4) is 5.75 Å². The maximum absolute atomic E-state index is 12.5. The number of amides is 1. The molecule has 0 aliphatic carbocycles. The summed E-state index contributed by atoms with van der Waals surface area (Å²) in [7, 11) is 0. The first kappa shape index (κ1) is 18.4. The number of hydrogen-bond donors (Lipinski definition) is 0. The van der Waals surface area contributed by atoms with E-state index in [1.165, 1.54) is 19.3 Å². The minimum absolute atomic E-state index is 0.0576. The van der Waals surface area contributed by atoms with E-state index in [9.17, 15) is 4.79 Å². The van der Waals surface area contributed by atoms with Gasteiger partial charge in [-0.1, -0.05) is 68.4 Å². The summed E-state index contributed by atoms with van der Waals surface area (Å²) >= 11 is 11.7. The summed E-state index contributed by atoms with van der Waals surface area (Å²) in [5.74, 6) is 0.784. The normalized spacial score (nSPS) is 21.7. The minimum atomic E-state index is -1.07. The number of unbranched alkanes of at least 4 members (excludes halogenated alkanes) is 2. The number of para-hydroxylation sites is 2. The monoisotopic (exact) mass is 357 g/mol. The van der Waals surface area contributed by atoms with Gasteiger partial charge in [0.25, 0.3) is 5.91 Å². The molecule has 3 atom stereocenters. The van der Waals surface area contributed by atoms with Gasteiger partial charge < -0.3 is 9.64 Å². The third-order valence-electron chi connectivity index (χ3n) is 4.52. The lowest BCUT2D eigenvalue weighted by atomic mass is 9.90. The molecule has 128 valence electrons. The summed E-state index contributed by atoms with van der Waals surface area (Å²) in [5.41, 5.74) is 0.744. The number of carbonyl (C=O) groups excluding carboxylic acids is 1. The summed E-state index contributed by atoms with van der Waals surface area (Å²) in [6, 6.07) is 7.46. The zero-order valence-electron chi connectivity index (χ0n) is 14.0. The van der Waals surface area contributed by atoms with Gasteiger partial charge in [0, 0.05) is 0 Å². The van der Waals surface area contributed by atoms with Crippen LogP contribution in [0.15, 0.2) is 24.3 Å². The van der Waals surface area contributed by atoms with Crippen LogP contribution < -0.4 is 9.64 Å². The van der Waals surface area contributed by atoms with Crippen LogP contribution >= 0.6 is 23.2 Å². The van der Waals surface area contributed by atoms with Crippen molar-refractivity contribution in [1.82, 2.24) is 0 Å². The standard InChI is InChI=1S/C18H25Cl2NO2/c1-4-5-6-9-12(2)16-13(3)21(18(22)17(19)20)14-10-7-8-11-15(14)23-16/h7-8,10-13,16-17H,4-6,9H2,1-3H3. The predicted octanol–water partition coefficient (Wildman–Crippen LogP) is 5.19. The van der Waals surface area contributed by atoms with Gasteiger partial charge in [-0.3, -0.25) is 4.79 Å². The van der Waals surface area contributed by atoms with Crippen molar-refractivity contribution in [3.05, 3.63) is 24.3 Å². The summed E-state index contributed by atoms with van der Waals surface area (Å²) in [5, 5.41) is 0. The van der Waals surface area contributed by atoms with Crippen molar-refractivity contribution in [3.63, 3.8) is 0 Å². The molecule has 0 spiro atoms. The van der Waals surface area contributed by atoms with Gasteiger partial charge in [-0.2, -0.15) is 0 Å². The Morgan fingerprint density at radius 1 is 1.30 bits per heavy atom. The number of nitrogens with zero attached hydrogens (tertiary/aromatic N) is 1. The van der Waals surface area contributed by atoms with Crippen LogP contribution in [0.25, 0.3) is 0 Å². The molecule has 5 heteroatoms. The third-order valence-corrected chi connectivity index (χ3v) is 4.89. The van der Waals surface area contributed by atoms with E-state index in [0.29, 0.717) is 5.92 Å². The molecule has 1 aliphatic rings. The second-order valence-corrected chi connectivity index (χ2v) is 7.37. The lowest BCUT2D eigenvalue weighted by Gasteiger charge is -2.43. The molecular formula is C18H25Cl2NO2. The Morgan fingerprint density at radius 2 is 2.00 bits per heavy atom. The Morgan fingerprint density at radius 3 is 2.65 bits per heavy atom. The van der Waals surface area contributed by atoms with Gasteiger partial charge in [0.1, 0.15) is 11.9 Å². The van der Waals surface area contributed by atoms with Crippen LogP contribution in [0.2, 0.25) is 0 Å². The number of benzene rings is 1. The van der Waals surface area contributed by atoms with Crippen LogP contribution in [0.3, 0.4) is 0 Å². The SMILES string of the molecule is CCCCCC(C)C1Oc2ccccc2N(C(=O)C(Cl)Cl)C1C. The van der Waals surface area contributed by atoms with Crippen molar-refractivity contribution in [1.29, 1.82) is 0 Å². The lowest BCUT2D eigenvalue weighted by Crippen LogP contribution is -2.54. The Balaban J connectivity index is 2.26. The molecule has 1 heterocycles. The molecule has 0 radical (unpaired) electrons. The number of carbonyl (C=O) groups is 1. The number of anilines is 1. The Labute approximate surface area is 148 Å². The van der Waals surface area contributed by atoms with E-state index in [2.05, 4.69) is 13.8 Å². The first-order valence-electron chi connectivity index (χ1n) is 8.34. The van der Waals surface area contributed by atoms with Crippen LogP contribution in [0, 0.1) is 5.92 Å². The van der Waals surface area contributed by atoms with E-state index < -0.39 is 4.84 Å². The fourth-order valence-electron chi connectivity index (χ4n) is 3.26. The molecule has 1 aliphatic heterocycles. The van der Waals surface area contributed by atoms with Gasteiger partial charge in [0.05, 0.1) is 11.7 Å². The highest BCUT2D eigenvalue weighted by molar-refractivity contribution is 6.54. The zero-order chi connectivity index (χ0) is 17.0. The summed E-state index contributed by atoms with van der Waals surface area (Å²) in [4.78, 5) is 13.1. The van der Waals surface area contributed by atoms with Crippen molar-refractivity contribution >= 4 is 34.8 Å². The molecule has 0 fully saturated rings. The van der Waals surface area contributed by atoms with Gasteiger partial charge >= 0.3 is 0 Å². The van der Waals surface area contributed by atoms with Crippen molar-refractivity contribution in [2.75, 3.05) is 4.90 Å². The van der Waals surface area contributed by atoms with Gasteiger partial charge in [0.15, 0.2) is 4.84 Å². The molecule has 23 heavy (non-hydrogen) atoms. The maximum Gasteiger partial charge on any atom is 0.260 e. The highest BCUT2D eigenvalue weighted by Gasteiger charge is 2.40. The second kappa shape index (κ2) is 8.25. The zero-order valence-corrected chi connectivity index (χ0v) is 15.5. The largest absolute Gasteiger partial charge is 0.486 e. The molecule has 1 aromatic carbocycles. The molecule has 0 N–H and O–H groups in total. The van der Waals surface area contributed by atoms with E-state index >= 15 is 0 Å². The fraction of sp³-hybridized carbons (Fsp3) is 0.611. The van der Waals surface area contributed by atoms with Crippen LogP contribution in [0.1, 0.15) is 46.5 Å². The first-order chi connectivity index (χ1) is 11.0. The highest BCUT2D eigenvalue weighted by Crippen LogP contribution is 2.39. The van der Waals surface area contributed by atoms with Gasteiger partial charge in [-0.15, -0.1) is 0 Å². The quantitative estimate of drug-likeness (QED) is 0.517. The van der Waals surface area contributed by atoms with Crippen molar-refractivity contribution in [2.24, 2.45) is 5.92 Å². The van der Waals surface area contributed by atoms with Gasteiger partial charge in [-0.05, 0) is 31.4 Å². The Kier molecular flexibility index (Phi) is 6.60. The van der Waals surface area contributed by atoms with Gasteiger partial charge in [-0.25, -0.2) is 0 Å². The minimum Gasteiger partial charge on any atom is -0.486 e. The first-order valence-corrected chi connectivity index (χ1v) is 9.21. The Hall–Kier alpha value is -0.930.